The van der Waals surface area contributed by atoms with E-state index < -0.39 is 22.4 Å². The molecule has 9 nitrogen and oxygen atoms in total. The molecule has 3 aliphatic rings. The first-order valence-corrected chi connectivity index (χ1v) is 29.8. The van der Waals surface area contributed by atoms with Crippen LogP contribution >= 0.6 is 16.6 Å². The van der Waals surface area contributed by atoms with Crippen molar-refractivity contribution in [2.75, 3.05) is 40.5 Å². The summed E-state index contributed by atoms with van der Waals surface area (Å²) in [6.07, 6.45) is 62.6. The van der Waals surface area contributed by atoms with Crippen LogP contribution in [0.25, 0.3) is 0 Å². The molecule has 3 rings (SSSR count). The van der Waals surface area contributed by atoms with E-state index in [0.717, 1.165) is 38.5 Å². The number of fused-ring (bicyclic) bond motifs is 1. The lowest BCUT2D eigenvalue weighted by atomic mass is 9.66. The summed E-state index contributed by atoms with van der Waals surface area (Å²) in [5.74, 6) is -0.479. The molecule has 3 fully saturated rings. The van der Waals surface area contributed by atoms with Crippen molar-refractivity contribution in [3.05, 3.63) is 48.6 Å². The second-order valence-electron chi connectivity index (χ2n) is 19.9. The van der Waals surface area contributed by atoms with E-state index in [1.165, 1.54) is 174 Å². The molecular weight excluding hydrogens is 863 g/mol. The lowest BCUT2D eigenvalue weighted by Crippen LogP contribution is -2.57. The van der Waals surface area contributed by atoms with Crippen molar-refractivity contribution in [3.8, 4) is 0 Å². The number of nitrogens with one attached hydrogen (secondary N) is 1. The maximum atomic E-state index is 9.79. The molecule has 2 saturated carbocycles. The lowest BCUT2D eigenvalue weighted by molar-refractivity contribution is -0.208. The van der Waals surface area contributed by atoms with Crippen LogP contribution in [0.4, 0.5) is 0 Å². The normalized spacial score (nSPS) is 22.6. The molecule has 2 unspecified atom stereocenters. The van der Waals surface area contributed by atoms with Crippen molar-refractivity contribution in [3.63, 3.8) is 0 Å². The zero-order chi connectivity index (χ0) is 47.4. The Kier molecular flexibility index (Phi) is 34.2. The molecule has 66 heavy (non-hydrogen) atoms. The van der Waals surface area contributed by atoms with Gasteiger partial charge in [0.2, 0.25) is 0 Å². The van der Waals surface area contributed by atoms with Crippen molar-refractivity contribution in [2.24, 2.45) is 5.41 Å². The monoisotopic (exact) mass is 964 g/mol. The van der Waals surface area contributed by atoms with E-state index in [-0.39, 0.29) is 24.3 Å². The number of ether oxygens (including phenoxy) is 2. The van der Waals surface area contributed by atoms with Gasteiger partial charge in [0.1, 0.15) is 12.9 Å². The molecule has 0 aromatic heterocycles. The molecule has 2 aliphatic carbocycles. The second kappa shape index (κ2) is 38.0. The fourth-order valence-corrected chi connectivity index (χ4v) is 11.2. The summed E-state index contributed by atoms with van der Waals surface area (Å²) in [5.41, 5.74) is 0.400. The number of allylic oxidation sites excluding steroid dienone is 8. The van der Waals surface area contributed by atoms with E-state index in [0.29, 0.717) is 31.7 Å². The summed E-state index contributed by atoms with van der Waals surface area (Å²) in [7, 11) is 0.103. The number of likely N-dealkylation sites (N-methyl/N-ethyl adjacent to an activating group) is 1. The fourth-order valence-electron chi connectivity index (χ4n) is 10.5. The largest absolute Gasteiger partial charge is 0.420 e. The standard InChI is InChI=1S/C55H101N2O7P2/c1-6-8-10-12-14-16-18-20-22-24-26-28-30-32-34-36-38-54(39-37-35-33-31-29-27-25-23-21-19-17-15-13-11-9-7-2)40-42-55(43-41-54)63-52-48-50(56-44-46-62-66(59)60-4)51(49-53(52)64-55)57(3)45-47-61-65(5)58/h14-17,20-23,50-53,56,58-59H,5-13,18-19,24-49H2,1-4H3/q+1/b16-14-,17-15-,22-20-,23-21-/t50-,51+,52-,53-,66?/m0/s1. The molecular formula is C55H101N2O7P2+. The van der Waals surface area contributed by atoms with Crippen LogP contribution < -0.4 is 5.32 Å². The van der Waals surface area contributed by atoms with Gasteiger partial charge in [-0.3, -0.25) is 4.90 Å². The van der Waals surface area contributed by atoms with E-state index >= 15 is 0 Å². The molecule has 0 aromatic carbocycles. The van der Waals surface area contributed by atoms with Crippen LogP contribution in [0.1, 0.15) is 219 Å². The highest BCUT2D eigenvalue weighted by molar-refractivity contribution is 7.44. The first-order chi connectivity index (χ1) is 32.2. The Hall–Kier alpha value is -0.800. The zero-order valence-electron chi connectivity index (χ0n) is 42.9. The van der Waals surface area contributed by atoms with Crippen LogP contribution in [0, 0.1) is 5.41 Å². The van der Waals surface area contributed by atoms with E-state index in [2.05, 4.69) is 86.0 Å². The van der Waals surface area contributed by atoms with Crippen molar-refractivity contribution in [1.82, 2.24) is 10.2 Å². The van der Waals surface area contributed by atoms with Crippen LogP contribution in [-0.2, 0) is 23.0 Å². The maximum Gasteiger partial charge on any atom is 0.420 e. The summed E-state index contributed by atoms with van der Waals surface area (Å²) < 4.78 is 29.9. The quantitative estimate of drug-likeness (QED) is 0.0314. The summed E-state index contributed by atoms with van der Waals surface area (Å²) in [6.45, 7) is 6.62. The maximum absolute atomic E-state index is 9.79. The predicted octanol–water partition coefficient (Wildman–Crippen LogP) is 15.1. The Bertz CT molecular complexity index is 1270. The Labute approximate surface area is 408 Å². The van der Waals surface area contributed by atoms with E-state index in [1.807, 2.05) is 0 Å². The highest BCUT2D eigenvalue weighted by Crippen LogP contribution is 2.53. The first kappa shape index (κ1) is 59.5. The molecule has 0 bridgehead atoms. The highest BCUT2D eigenvalue weighted by Gasteiger charge is 2.55. The van der Waals surface area contributed by atoms with Gasteiger partial charge in [0, 0.05) is 45.1 Å². The Morgan fingerprint density at radius 3 is 1.62 bits per heavy atom. The van der Waals surface area contributed by atoms with Crippen molar-refractivity contribution in [1.29, 1.82) is 0 Å². The van der Waals surface area contributed by atoms with E-state index in [4.69, 9.17) is 23.0 Å². The average molecular weight is 964 g/mol. The molecule has 382 valence electrons. The third-order valence-electron chi connectivity index (χ3n) is 14.6. The average Bonchev–Trinajstić information content (AvgIpc) is 3.67. The van der Waals surface area contributed by atoms with Gasteiger partial charge in [-0.05, 0) is 115 Å². The predicted molar refractivity (Wildman–Crippen MR) is 283 cm³/mol. The fraction of sp³-hybridized carbons (Fsp3) is 0.836. The Balaban J connectivity index is 1.47. The van der Waals surface area contributed by atoms with Gasteiger partial charge in [-0.15, -0.1) is 0 Å². The van der Waals surface area contributed by atoms with Crippen LogP contribution in [-0.4, -0.2) is 91.5 Å². The number of hydrogen-bond donors (Lipinski definition) is 3. The molecule has 1 spiro atoms. The van der Waals surface area contributed by atoms with Crippen LogP contribution in [0.5, 0.6) is 0 Å². The summed E-state index contributed by atoms with van der Waals surface area (Å²) >= 11 is 0. The molecule has 3 N–H and O–H groups in total. The zero-order valence-corrected chi connectivity index (χ0v) is 44.7. The van der Waals surface area contributed by atoms with Gasteiger partial charge in [0.05, 0.1) is 18.8 Å². The van der Waals surface area contributed by atoms with Gasteiger partial charge in [0.15, 0.2) is 5.79 Å². The third-order valence-corrected chi connectivity index (χ3v) is 15.8. The molecule has 1 saturated heterocycles. The molecule has 0 aromatic rings. The van der Waals surface area contributed by atoms with Gasteiger partial charge in [-0.1, -0.05) is 152 Å². The molecule has 1 heterocycles. The highest BCUT2D eigenvalue weighted by atomic mass is 31.2. The second-order valence-corrected chi connectivity index (χ2v) is 22.0. The van der Waals surface area contributed by atoms with Crippen molar-refractivity contribution >= 4 is 22.9 Å². The SMILES string of the molecule is C=[P+](O)OCCN(C)[C@@H]1C[C@@H]2OC3(CCC(CCCCCCCC/C=C\C/C=C\CCCCC)(CCCCCCCC/C=C\C/C=C\CCCCC)CC3)O[C@H]2C[C@@H]1NCCOP(O)OC. The first-order valence-electron chi connectivity index (χ1n) is 27.2. The van der Waals surface area contributed by atoms with E-state index in [9.17, 15) is 9.79 Å². The number of hydrogen-bond acceptors (Lipinski definition) is 9. The van der Waals surface area contributed by atoms with Gasteiger partial charge < -0.3 is 28.7 Å². The lowest BCUT2D eigenvalue weighted by Gasteiger charge is -2.44. The minimum atomic E-state index is -1.85. The molecule has 1 aliphatic heterocycles. The number of nitrogens with zero attached hydrogens (tertiary/aromatic N) is 1. The summed E-state index contributed by atoms with van der Waals surface area (Å²) in [6, 6.07) is 0.369. The van der Waals surface area contributed by atoms with E-state index in [1.54, 1.807) is 0 Å². The van der Waals surface area contributed by atoms with Crippen molar-refractivity contribution in [2.45, 2.75) is 249 Å². The number of rotatable bonds is 41. The third kappa shape index (κ3) is 26.4. The Morgan fingerprint density at radius 2 is 1.14 bits per heavy atom. The minimum absolute atomic E-state index is 0.0520. The number of unbranched alkanes of at least 4 members (excludes halogenated alkanes) is 18. The van der Waals surface area contributed by atoms with Gasteiger partial charge in [-0.2, -0.15) is 9.42 Å². The van der Waals surface area contributed by atoms with Crippen LogP contribution in [0.3, 0.4) is 0 Å². The molecule has 6 atom stereocenters. The molecule has 11 heteroatoms. The topological polar surface area (TPSA) is 102 Å². The van der Waals surface area contributed by atoms with Gasteiger partial charge in [-0.25, -0.2) is 0 Å². The van der Waals surface area contributed by atoms with Crippen LogP contribution in [0.15, 0.2) is 48.6 Å². The molecule has 0 amide bonds. The summed E-state index contributed by atoms with van der Waals surface area (Å²) in [4.78, 5) is 21.8. The van der Waals surface area contributed by atoms with Crippen molar-refractivity contribution < 1.29 is 32.8 Å². The van der Waals surface area contributed by atoms with Gasteiger partial charge >= 0.3 is 16.6 Å². The minimum Gasteiger partial charge on any atom is -0.344 e. The van der Waals surface area contributed by atoms with Gasteiger partial charge in [0.25, 0.3) is 0 Å². The summed E-state index contributed by atoms with van der Waals surface area (Å²) in [5, 5.41) is 3.71. The Morgan fingerprint density at radius 1 is 0.667 bits per heavy atom. The smallest absolute Gasteiger partial charge is 0.344 e. The molecule has 0 radical (unpaired) electrons. The van der Waals surface area contributed by atoms with Crippen LogP contribution in [0.2, 0.25) is 0 Å².